The Morgan fingerprint density at radius 3 is 1.59 bits per heavy atom. The van der Waals surface area contributed by atoms with Crippen molar-refractivity contribution in [1.29, 1.82) is 0 Å². The number of pyridine rings is 2. The monoisotopic (exact) mass is 1280 g/mol. The van der Waals surface area contributed by atoms with Gasteiger partial charge in [-0.1, -0.05) is 52.6 Å². The zero-order valence-electron chi connectivity index (χ0n) is 52.4. The van der Waals surface area contributed by atoms with Crippen molar-refractivity contribution in [2.24, 2.45) is 0 Å². The second-order valence-corrected chi connectivity index (χ2v) is 25.6. The minimum Gasteiger partial charge on any atom is -0.422 e. The minimum atomic E-state index is -0.668. The number of nitrogens with zero attached hydrogens (tertiary/aromatic N) is 6. The van der Waals surface area contributed by atoms with Gasteiger partial charge in [0.05, 0.1) is 0 Å². The number of unbranched alkanes of at least 4 members (excludes halogenated alkanes) is 1. The molecule has 4 saturated heterocycles. The van der Waals surface area contributed by atoms with E-state index in [1.54, 1.807) is 48.5 Å². The van der Waals surface area contributed by atoms with Crippen LogP contribution in [0, 0.1) is 0 Å². The highest BCUT2D eigenvalue weighted by atomic mass is 33.1. The second-order valence-electron chi connectivity index (χ2n) is 22.9. The molecule has 2 amide bonds. The Balaban J connectivity index is 0.000000200. The molecule has 28 heteroatoms. The molecule has 14 N–H and O–H groups in total. The maximum atomic E-state index is 12.9. The molecule has 0 radical (unpaired) electrons. The van der Waals surface area contributed by atoms with E-state index in [4.69, 9.17) is 19.4 Å². The Bertz CT molecular complexity index is 2900. The van der Waals surface area contributed by atoms with Crippen LogP contribution < -0.4 is 90.1 Å². The van der Waals surface area contributed by atoms with E-state index in [9.17, 15) is 24.0 Å². The number of para-hydroxylation sites is 1. The van der Waals surface area contributed by atoms with E-state index in [1.165, 1.54) is 37.9 Å². The highest BCUT2D eigenvalue weighted by Crippen LogP contribution is 2.40. The molecule has 10 rings (SSSR count). The molecule has 0 aliphatic carbocycles. The molecule has 4 bridgehead atoms. The fourth-order valence-corrected chi connectivity index (χ4v) is 13.8. The van der Waals surface area contributed by atoms with Crippen LogP contribution in [0.2, 0.25) is 0 Å². The first-order chi connectivity index (χ1) is 44.2. The number of rotatable bonds is 12. The van der Waals surface area contributed by atoms with Crippen LogP contribution in [0.25, 0.3) is 11.0 Å². The summed E-state index contributed by atoms with van der Waals surface area (Å²) in [5.74, 6) is 2.82. The van der Waals surface area contributed by atoms with Crippen molar-refractivity contribution in [3.63, 3.8) is 0 Å². The fraction of sp³-hybridized carbons (Fsp3) is 0.613. The third-order valence-electron chi connectivity index (χ3n) is 15.6. The number of hydrogen-bond donors (Lipinski definition) is 14. The number of carbonyl (C=O) groups is 2. The van der Waals surface area contributed by atoms with Crippen LogP contribution in [0.15, 0.2) is 73.4 Å². The van der Waals surface area contributed by atoms with Crippen LogP contribution in [-0.4, -0.2) is 210 Å². The molecule has 5 aliphatic rings. The van der Waals surface area contributed by atoms with Crippen molar-refractivity contribution >= 4 is 62.2 Å². The number of nitrogens with one attached hydrogen (secondary N) is 14. The quantitative estimate of drug-likeness (QED) is 0.0468. The summed E-state index contributed by atoms with van der Waals surface area (Å²) in [6, 6.07) is 15.0. The van der Waals surface area contributed by atoms with E-state index in [0.717, 1.165) is 191 Å². The molecule has 9 heterocycles. The molecule has 1 aromatic carbocycles. The van der Waals surface area contributed by atoms with E-state index in [1.807, 2.05) is 16.9 Å². The van der Waals surface area contributed by atoms with E-state index in [0.29, 0.717) is 67.4 Å². The summed E-state index contributed by atoms with van der Waals surface area (Å²) in [6.07, 6.45) is 9.25. The van der Waals surface area contributed by atoms with Crippen molar-refractivity contribution in [3.05, 3.63) is 114 Å². The number of benzene rings is 1. The molecule has 26 nitrogen and oxygen atoms in total. The standard InChI is InChI=1S/C31H49N13O3.C17H33N3OS2.C14H16N4O2/c45-27(25-23-24-3-1-2-4-26(24)47-28(25)46)38-13-14-39-29-40-30(43-19-15-34-9-5-32-6-10-35-16-20-43)42-31(41-29)44-21-17-36-11-7-33-8-12-37-18-22-44;21-17(7-3-2-6-16-8-15-22-23-16)20-13-5-1-4-9-18-10-11-19-12-14-20;19-13-1-9-5-15-7-11-3-14(20)4-12(18-11)8-16-6-10(2-13)17-9/h1-4,23,32-37H,5-22H2,(H,38,45)(H,39,40,41,42);16,18-19H,1-15H2;1-4,15-16H,5-8H2,(H,17,19)(H,18,20). The van der Waals surface area contributed by atoms with Gasteiger partial charge in [0.25, 0.3) is 5.91 Å². The Hall–Kier alpha value is -6.02. The van der Waals surface area contributed by atoms with Gasteiger partial charge in [0.15, 0.2) is 10.9 Å². The lowest BCUT2D eigenvalue weighted by molar-refractivity contribution is -0.131. The lowest BCUT2D eigenvalue weighted by Gasteiger charge is -2.28. The zero-order chi connectivity index (χ0) is 62.6. The van der Waals surface area contributed by atoms with Gasteiger partial charge in [0, 0.05) is 247 Å². The molecule has 0 saturated carbocycles. The van der Waals surface area contributed by atoms with Crippen LogP contribution in [0.4, 0.5) is 17.8 Å². The van der Waals surface area contributed by atoms with Crippen LogP contribution in [0.1, 0.15) is 84.5 Å². The van der Waals surface area contributed by atoms with Crippen molar-refractivity contribution in [2.45, 2.75) is 82.8 Å². The van der Waals surface area contributed by atoms with E-state index < -0.39 is 11.5 Å². The minimum absolute atomic E-state index is 0.00124. The van der Waals surface area contributed by atoms with Crippen molar-refractivity contribution < 1.29 is 14.0 Å². The zero-order valence-corrected chi connectivity index (χ0v) is 54.0. The molecule has 494 valence electrons. The van der Waals surface area contributed by atoms with Crippen molar-refractivity contribution in [3.8, 4) is 0 Å². The van der Waals surface area contributed by atoms with Gasteiger partial charge in [-0.25, -0.2) is 4.79 Å². The molecule has 1 unspecified atom stereocenters. The summed E-state index contributed by atoms with van der Waals surface area (Å²) in [7, 11) is 4.06. The maximum Gasteiger partial charge on any atom is 0.349 e. The highest BCUT2D eigenvalue weighted by Gasteiger charge is 2.21. The van der Waals surface area contributed by atoms with Gasteiger partial charge < -0.3 is 92.9 Å². The molecule has 4 aromatic heterocycles. The van der Waals surface area contributed by atoms with Crippen LogP contribution in [0.3, 0.4) is 0 Å². The first-order valence-electron chi connectivity index (χ1n) is 32.6. The predicted octanol–water partition coefficient (Wildman–Crippen LogP) is 0.846. The average Bonchev–Trinajstić information content (AvgIpc) is 1.45. The predicted molar refractivity (Wildman–Crippen MR) is 363 cm³/mol. The Morgan fingerprint density at radius 2 is 1.06 bits per heavy atom. The number of aromatic nitrogens is 5. The van der Waals surface area contributed by atoms with Gasteiger partial charge >= 0.3 is 5.63 Å². The van der Waals surface area contributed by atoms with Crippen LogP contribution >= 0.6 is 21.6 Å². The largest absolute Gasteiger partial charge is 0.422 e. The third kappa shape index (κ3) is 25.9. The Morgan fingerprint density at radius 1 is 0.544 bits per heavy atom. The number of H-pyrrole nitrogens is 2. The summed E-state index contributed by atoms with van der Waals surface area (Å²) >= 11 is 0. The lowest BCUT2D eigenvalue weighted by Crippen LogP contribution is -2.43. The van der Waals surface area contributed by atoms with Crippen LogP contribution in [-0.2, 0) is 31.0 Å². The number of aromatic amines is 2. The summed E-state index contributed by atoms with van der Waals surface area (Å²) in [6.45, 7) is 22.0. The number of fused-ring (bicyclic) bond motifs is 5. The van der Waals surface area contributed by atoms with Gasteiger partial charge in [0.1, 0.15) is 11.1 Å². The van der Waals surface area contributed by atoms with Gasteiger partial charge in [-0.15, -0.1) is 0 Å². The van der Waals surface area contributed by atoms with E-state index >= 15 is 0 Å². The highest BCUT2D eigenvalue weighted by molar-refractivity contribution is 8.77. The molecule has 90 heavy (non-hydrogen) atoms. The fourth-order valence-electron chi connectivity index (χ4n) is 10.8. The van der Waals surface area contributed by atoms with Crippen molar-refractivity contribution in [2.75, 3.05) is 178 Å². The third-order valence-corrected chi connectivity index (χ3v) is 18.6. The Labute approximate surface area is 536 Å². The first kappa shape index (κ1) is 69.9. The normalized spacial score (nSPS) is 19.3. The molecule has 1 atom stereocenters. The number of anilines is 3. The molecular weight excluding hydrogens is 1180 g/mol. The average molecular weight is 1280 g/mol. The van der Waals surface area contributed by atoms with Gasteiger partial charge in [-0.3, -0.25) is 19.2 Å². The lowest BCUT2D eigenvalue weighted by atomic mass is 10.1. The molecule has 0 spiro atoms. The Kier molecular flexibility index (Phi) is 31.6. The first-order valence-corrected chi connectivity index (χ1v) is 35.0. The SMILES string of the molecule is O=C(CCCCC1CCSS1)N1CCCCCNCCNCC1.O=C(NCCNc1nc(N2CCNCCNCCNCC2)nc(N2CCNCCNCCNCC2)n1)c1cc2ccccc2oc1=O.O=c1cc2[nH]c(c1)CNCc1cc(=O)cc([nH]1)CNC2. The van der Waals surface area contributed by atoms with Crippen LogP contribution in [0.5, 0.6) is 0 Å². The maximum absolute atomic E-state index is 12.9. The summed E-state index contributed by atoms with van der Waals surface area (Å²) < 4.78 is 5.33. The number of hydrogen-bond acceptors (Lipinski definition) is 24. The molecule has 5 aromatic rings. The van der Waals surface area contributed by atoms with Gasteiger partial charge in [-0.2, -0.15) is 15.0 Å². The van der Waals surface area contributed by atoms with E-state index in [2.05, 4.69) is 99.3 Å². The summed E-state index contributed by atoms with van der Waals surface area (Å²) in [5.41, 5.74) is 3.11. The molecule has 5 aliphatic heterocycles. The summed E-state index contributed by atoms with van der Waals surface area (Å²) in [4.78, 5) is 88.6. The summed E-state index contributed by atoms with van der Waals surface area (Å²) in [5, 5.41) is 41.8. The second kappa shape index (κ2) is 40.8. The topological polar surface area (TPSA) is 323 Å². The number of amides is 2. The van der Waals surface area contributed by atoms with E-state index in [-0.39, 0.29) is 23.0 Å². The molecule has 4 fully saturated rings. The van der Waals surface area contributed by atoms with Gasteiger partial charge in [0.2, 0.25) is 23.8 Å². The smallest absolute Gasteiger partial charge is 0.349 e. The van der Waals surface area contributed by atoms with Gasteiger partial charge in [-0.05, 0) is 50.8 Å². The number of carbonyl (C=O) groups excluding carboxylic acids is 2. The molecular formula is C62H98N20O6S2. The van der Waals surface area contributed by atoms with Crippen molar-refractivity contribution in [1.82, 2.24) is 88.3 Å².